The standard InChI is InChI=1S/C21H20ClN3O2/c1-14-3-5-15(6-4-14)11-21(26)24-17-8-10-20(23-13-17)25-18-12-16(22)7-9-19(18)27-2/h3-10,12-13H,11H2,1-2H3,(H,23,25)(H,24,26). The van der Waals surface area contributed by atoms with Crippen molar-refractivity contribution >= 4 is 34.7 Å². The van der Waals surface area contributed by atoms with E-state index < -0.39 is 0 Å². The van der Waals surface area contributed by atoms with Crippen molar-refractivity contribution in [3.63, 3.8) is 0 Å². The average molecular weight is 382 g/mol. The van der Waals surface area contributed by atoms with Crippen LogP contribution in [0.25, 0.3) is 0 Å². The van der Waals surface area contributed by atoms with Gasteiger partial charge in [0, 0.05) is 5.02 Å². The number of hydrogen-bond acceptors (Lipinski definition) is 4. The van der Waals surface area contributed by atoms with Crippen molar-refractivity contribution < 1.29 is 9.53 Å². The van der Waals surface area contributed by atoms with E-state index in [1.807, 2.05) is 31.2 Å². The summed E-state index contributed by atoms with van der Waals surface area (Å²) in [5.74, 6) is 1.20. The second-order valence-electron chi connectivity index (χ2n) is 6.11. The summed E-state index contributed by atoms with van der Waals surface area (Å²) in [4.78, 5) is 16.5. The molecule has 0 aliphatic heterocycles. The minimum absolute atomic E-state index is 0.0853. The highest BCUT2D eigenvalue weighted by molar-refractivity contribution is 6.31. The number of aryl methyl sites for hydroxylation is 1. The number of pyridine rings is 1. The van der Waals surface area contributed by atoms with Crippen LogP contribution in [-0.2, 0) is 11.2 Å². The van der Waals surface area contributed by atoms with E-state index in [0.29, 0.717) is 34.4 Å². The number of benzene rings is 2. The fourth-order valence-corrected chi connectivity index (χ4v) is 2.73. The van der Waals surface area contributed by atoms with Crippen molar-refractivity contribution in [2.75, 3.05) is 17.7 Å². The molecule has 5 nitrogen and oxygen atoms in total. The van der Waals surface area contributed by atoms with Crippen LogP contribution in [0, 0.1) is 6.92 Å². The van der Waals surface area contributed by atoms with E-state index in [1.165, 1.54) is 5.56 Å². The third kappa shape index (κ3) is 5.21. The monoisotopic (exact) mass is 381 g/mol. The number of hydrogen-bond donors (Lipinski definition) is 2. The molecule has 0 atom stereocenters. The van der Waals surface area contributed by atoms with Crippen LogP contribution in [0.1, 0.15) is 11.1 Å². The SMILES string of the molecule is COc1ccc(Cl)cc1Nc1ccc(NC(=O)Cc2ccc(C)cc2)cn1. The quantitative estimate of drug-likeness (QED) is 0.632. The van der Waals surface area contributed by atoms with Crippen LogP contribution >= 0.6 is 11.6 Å². The summed E-state index contributed by atoms with van der Waals surface area (Å²) < 4.78 is 5.31. The van der Waals surface area contributed by atoms with E-state index in [9.17, 15) is 4.79 Å². The Labute approximate surface area is 163 Å². The Balaban J connectivity index is 1.62. The molecular formula is C21H20ClN3O2. The van der Waals surface area contributed by atoms with Crippen molar-refractivity contribution in [3.8, 4) is 5.75 Å². The zero-order chi connectivity index (χ0) is 19.2. The number of nitrogens with one attached hydrogen (secondary N) is 2. The first-order valence-electron chi connectivity index (χ1n) is 8.45. The molecule has 1 aromatic heterocycles. The highest BCUT2D eigenvalue weighted by Crippen LogP contribution is 2.30. The molecule has 0 aliphatic rings. The third-order valence-corrected chi connectivity index (χ3v) is 4.19. The number of carbonyl (C=O) groups is 1. The molecule has 0 saturated carbocycles. The molecule has 27 heavy (non-hydrogen) atoms. The molecule has 138 valence electrons. The van der Waals surface area contributed by atoms with E-state index in [4.69, 9.17) is 16.3 Å². The first-order chi connectivity index (χ1) is 13.0. The second-order valence-corrected chi connectivity index (χ2v) is 6.55. The molecule has 0 bridgehead atoms. The molecule has 0 saturated heterocycles. The summed E-state index contributed by atoms with van der Waals surface area (Å²) in [6.07, 6.45) is 1.92. The summed E-state index contributed by atoms with van der Waals surface area (Å²) in [5, 5.41) is 6.61. The second kappa shape index (κ2) is 8.56. The molecule has 2 aromatic carbocycles. The Morgan fingerprint density at radius 2 is 1.89 bits per heavy atom. The number of amides is 1. The Kier molecular flexibility index (Phi) is 5.94. The van der Waals surface area contributed by atoms with E-state index in [-0.39, 0.29) is 5.91 Å². The van der Waals surface area contributed by atoms with Crippen LogP contribution in [0.15, 0.2) is 60.8 Å². The lowest BCUT2D eigenvalue weighted by molar-refractivity contribution is -0.115. The highest BCUT2D eigenvalue weighted by atomic mass is 35.5. The normalized spacial score (nSPS) is 10.3. The zero-order valence-corrected chi connectivity index (χ0v) is 15.9. The minimum Gasteiger partial charge on any atom is -0.495 e. The summed E-state index contributed by atoms with van der Waals surface area (Å²) in [6, 6.07) is 16.8. The molecule has 0 aliphatic carbocycles. The van der Waals surface area contributed by atoms with Crippen LogP contribution in [-0.4, -0.2) is 18.0 Å². The van der Waals surface area contributed by atoms with Gasteiger partial charge in [-0.1, -0.05) is 41.4 Å². The molecule has 6 heteroatoms. The van der Waals surface area contributed by atoms with Crippen molar-refractivity contribution in [1.82, 2.24) is 4.98 Å². The zero-order valence-electron chi connectivity index (χ0n) is 15.1. The van der Waals surface area contributed by atoms with Crippen LogP contribution in [0.5, 0.6) is 5.75 Å². The number of carbonyl (C=O) groups excluding carboxylic acids is 1. The van der Waals surface area contributed by atoms with Crippen LogP contribution < -0.4 is 15.4 Å². The predicted molar refractivity (Wildman–Crippen MR) is 109 cm³/mol. The summed E-state index contributed by atoms with van der Waals surface area (Å²) in [5.41, 5.74) is 3.49. The summed E-state index contributed by atoms with van der Waals surface area (Å²) in [7, 11) is 1.59. The number of ether oxygens (including phenoxy) is 1. The Bertz CT molecular complexity index is 925. The van der Waals surface area contributed by atoms with Gasteiger partial charge in [-0.2, -0.15) is 0 Å². The maximum absolute atomic E-state index is 12.2. The van der Waals surface area contributed by atoms with Gasteiger partial charge in [-0.15, -0.1) is 0 Å². The fourth-order valence-electron chi connectivity index (χ4n) is 2.55. The van der Waals surface area contributed by atoms with Gasteiger partial charge in [0.15, 0.2) is 0 Å². The Morgan fingerprint density at radius 1 is 1.11 bits per heavy atom. The Hall–Kier alpha value is -3.05. The van der Waals surface area contributed by atoms with Crippen molar-refractivity contribution in [3.05, 3.63) is 76.9 Å². The largest absolute Gasteiger partial charge is 0.495 e. The maximum Gasteiger partial charge on any atom is 0.228 e. The number of methoxy groups -OCH3 is 1. The lowest BCUT2D eigenvalue weighted by Crippen LogP contribution is -2.14. The van der Waals surface area contributed by atoms with Gasteiger partial charge in [-0.3, -0.25) is 4.79 Å². The summed E-state index contributed by atoms with van der Waals surface area (Å²) >= 11 is 6.03. The molecular weight excluding hydrogens is 362 g/mol. The number of rotatable bonds is 6. The van der Waals surface area contributed by atoms with Gasteiger partial charge in [0.1, 0.15) is 11.6 Å². The topological polar surface area (TPSA) is 63.2 Å². The van der Waals surface area contributed by atoms with E-state index >= 15 is 0 Å². The van der Waals surface area contributed by atoms with Gasteiger partial charge in [0.2, 0.25) is 5.91 Å². The predicted octanol–water partition coefficient (Wildman–Crippen LogP) is 4.98. The average Bonchev–Trinajstić information content (AvgIpc) is 2.65. The molecule has 0 unspecified atom stereocenters. The van der Waals surface area contributed by atoms with Gasteiger partial charge in [-0.25, -0.2) is 4.98 Å². The van der Waals surface area contributed by atoms with E-state index in [1.54, 1.807) is 43.6 Å². The number of anilines is 3. The van der Waals surface area contributed by atoms with Gasteiger partial charge in [0.25, 0.3) is 0 Å². The lowest BCUT2D eigenvalue weighted by atomic mass is 10.1. The number of halogens is 1. The number of aromatic nitrogens is 1. The van der Waals surface area contributed by atoms with Gasteiger partial charge in [-0.05, 0) is 42.8 Å². The van der Waals surface area contributed by atoms with Crippen molar-refractivity contribution in [2.45, 2.75) is 13.3 Å². The van der Waals surface area contributed by atoms with Gasteiger partial charge < -0.3 is 15.4 Å². The van der Waals surface area contributed by atoms with Gasteiger partial charge in [0.05, 0.1) is 31.1 Å². The molecule has 3 aromatic rings. The van der Waals surface area contributed by atoms with Crippen molar-refractivity contribution in [1.29, 1.82) is 0 Å². The van der Waals surface area contributed by atoms with Crippen LogP contribution in [0.2, 0.25) is 5.02 Å². The van der Waals surface area contributed by atoms with E-state index in [0.717, 1.165) is 5.56 Å². The number of nitrogens with zero attached hydrogens (tertiary/aromatic N) is 1. The third-order valence-electron chi connectivity index (χ3n) is 3.96. The Morgan fingerprint density at radius 3 is 2.56 bits per heavy atom. The lowest BCUT2D eigenvalue weighted by Gasteiger charge is -2.11. The molecule has 0 spiro atoms. The fraction of sp³-hybridized carbons (Fsp3) is 0.143. The van der Waals surface area contributed by atoms with Crippen LogP contribution in [0.4, 0.5) is 17.2 Å². The first kappa shape index (κ1) is 18.7. The van der Waals surface area contributed by atoms with E-state index in [2.05, 4.69) is 15.6 Å². The van der Waals surface area contributed by atoms with Crippen molar-refractivity contribution in [2.24, 2.45) is 0 Å². The smallest absolute Gasteiger partial charge is 0.228 e. The molecule has 2 N–H and O–H groups in total. The van der Waals surface area contributed by atoms with Gasteiger partial charge >= 0.3 is 0 Å². The molecule has 1 heterocycles. The molecule has 3 rings (SSSR count). The molecule has 0 radical (unpaired) electrons. The molecule has 1 amide bonds. The van der Waals surface area contributed by atoms with Crippen LogP contribution in [0.3, 0.4) is 0 Å². The maximum atomic E-state index is 12.2. The molecule has 0 fully saturated rings. The highest BCUT2D eigenvalue weighted by Gasteiger charge is 2.07. The minimum atomic E-state index is -0.0853. The first-order valence-corrected chi connectivity index (χ1v) is 8.83. The summed E-state index contributed by atoms with van der Waals surface area (Å²) in [6.45, 7) is 2.02.